The molecule has 10 heteroatoms. The molecule has 0 aromatic heterocycles. The van der Waals surface area contributed by atoms with Crippen LogP contribution < -0.4 is 10.6 Å². The van der Waals surface area contributed by atoms with E-state index < -0.39 is 30.1 Å². The topological polar surface area (TPSA) is 153 Å². The SMILES string of the molecule is CCOC(=O)C(CC(C)C)NC(=O)[C@@H](O)[C@@H](Cc1ccc(NC(C)=O)cc1)N=[N+]=[N-]. The molecule has 1 aromatic rings. The van der Waals surface area contributed by atoms with Crippen LogP contribution in [0.3, 0.4) is 0 Å². The van der Waals surface area contributed by atoms with Crippen LogP contribution in [0.15, 0.2) is 29.4 Å². The van der Waals surface area contributed by atoms with Crippen LogP contribution in [-0.4, -0.2) is 47.7 Å². The smallest absolute Gasteiger partial charge is 0.328 e. The van der Waals surface area contributed by atoms with E-state index in [1.165, 1.54) is 6.92 Å². The Bertz CT molecular complexity index is 774. The monoisotopic (exact) mass is 419 g/mol. The molecular weight excluding hydrogens is 390 g/mol. The number of hydrogen-bond donors (Lipinski definition) is 3. The highest BCUT2D eigenvalue weighted by Crippen LogP contribution is 2.15. The van der Waals surface area contributed by atoms with Gasteiger partial charge in [-0.25, -0.2) is 4.79 Å². The van der Waals surface area contributed by atoms with Gasteiger partial charge in [0, 0.05) is 17.5 Å². The van der Waals surface area contributed by atoms with Crippen molar-refractivity contribution < 1.29 is 24.2 Å². The maximum atomic E-state index is 12.5. The minimum atomic E-state index is -1.65. The lowest BCUT2D eigenvalue weighted by atomic mass is 9.99. The number of carbonyl (C=O) groups excluding carboxylic acids is 3. The quantitative estimate of drug-likeness (QED) is 0.217. The molecule has 0 saturated heterocycles. The zero-order valence-corrected chi connectivity index (χ0v) is 17.7. The Labute approximate surface area is 175 Å². The number of amides is 2. The van der Waals surface area contributed by atoms with Crippen LogP contribution in [0.1, 0.15) is 39.7 Å². The summed E-state index contributed by atoms with van der Waals surface area (Å²) in [5.41, 5.74) is 10.1. The van der Waals surface area contributed by atoms with E-state index >= 15 is 0 Å². The van der Waals surface area contributed by atoms with E-state index in [1.807, 2.05) is 13.8 Å². The van der Waals surface area contributed by atoms with Crippen LogP contribution in [0.25, 0.3) is 10.4 Å². The van der Waals surface area contributed by atoms with Crippen molar-refractivity contribution in [3.63, 3.8) is 0 Å². The van der Waals surface area contributed by atoms with E-state index in [4.69, 9.17) is 10.3 Å². The van der Waals surface area contributed by atoms with Crippen molar-refractivity contribution in [2.24, 2.45) is 11.0 Å². The van der Waals surface area contributed by atoms with Gasteiger partial charge >= 0.3 is 5.97 Å². The molecule has 0 heterocycles. The van der Waals surface area contributed by atoms with Crippen molar-refractivity contribution in [2.75, 3.05) is 11.9 Å². The van der Waals surface area contributed by atoms with E-state index in [1.54, 1.807) is 31.2 Å². The Morgan fingerprint density at radius 2 is 1.87 bits per heavy atom. The summed E-state index contributed by atoms with van der Waals surface area (Å²) in [6, 6.07) is 4.72. The number of hydrogen-bond acceptors (Lipinski definition) is 6. The molecule has 3 atom stereocenters. The van der Waals surface area contributed by atoms with Gasteiger partial charge in [0.15, 0.2) is 0 Å². The van der Waals surface area contributed by atoms with Crippen molar-refractivity contribution in [2.45, 2.75) is 58.7 Å². The highest BCUT2D eigenvalue weighted by Gasteiger charge is 2.30. The maximum Gasteiger partial charge on any atom is 0.328 e. The first kappa shape index (κ1) is 24.9. The first-order chi connectivity index (χ1) is 14.2. The molecule has 0 bridgehead atoms. The van der Waals surface area contributed by atoms with Crippen molar-refractivity contribution in [1.82, 2.24) is 5.32 Å². The van der Waals surface area contributed by atoms with Gasteiger partial charge in [-0.05, 0) is 48.9 Å². The van der Waals surface area contributed by atoms with Gasteiger partial charge in [-0.15, -0.1) is 0 Å². The Hall–Kier alpha value is -3.10. The standard InChI is InChI=1S/C20H29N5O5/c1-5-30-20(29)17(10-12(2)3)23-19(28)18(27)16(24-25-21)11-14-6-8-15(9-7-14)22-13(4)26/h6-9,12,16-18,27H,5,10-11H2,1-4H3,(H,22,26)(H,23,28)/t16-,17?,18+/m1/s1. The molecule has 0 fully saturated rings. The van der Waals surface area contributed by atoms with Crippen LogP contribution >= 0.6 is 0 Å². The molecule has 0 aliphatic heterocycles. The minimum Gasteiger partial charge on any atom is -0.464 e. The lowest BCUT2D eigenvalue weighted by molar-refractivity contribution is -0.149. The summed E-state index contributed by atoms with van der Waals surface area (Å²) in [4.78, 5) is 38.4. The highest BCUT2D eigenvalue weighted by molar-refractivity contribution is 5.88. The van der Waals surface area contributed by atoms with Crippen molar-refractivity contribution >= 4 is 23.5 Å². The zero-order chi connectivity index (χ0) is 22.7. The number of aliphatic hydroxyl groups excluding tert-OH is 1. The van der Waals surface area contributed by atoms with Crippen LogP contribution in [-0.2, 0) is 25.5 Å². The summed E-state index contributed by atoms with van der Waals surface area (Å²) >= 11 is 0. The molecule has 1 rings (SSSR count). The number of rotatable bonds is 11. The third-order valence-electron chi connectivity index (χ3n) is 4.15. The fraction of sp³-hybridized carbons (Fsp3) is 0.550. The van der Waals surface area contributed by atoms with E-state index in [2.05, 4.69) is 20.7 Å². The van der Waals surface area contributed by atoms with Gasteiger partial charge in [0.05, 0.1) is 12.6 Å². The van der Waals surface area contributed by atoms with Crippen LogP contribution in [0.2, 0.25) is 0 Å². The number of anilines is 1. The summed E-state index contributed by atoms with van der Waals surface area (Å²) in [7, 11) is 0. The van der Waals surface area contributed by atoms with E-state index in [0.717, 1.165) is 0 Å². The van der Waals surface area contributed by atoms with Gasteiger partial charge in [-0.3, -0.25) is 9.59 Å². The number of esters is 1. The van der Waals surface area contributed by atoms with Crippen LogP contribution in [0.5, 0.6) is 0 Å². The lowest BCUT2D eigenvalue weighted by Gasteiger charge is -2.23. The number of nitrogens with one attached hydrogen (secondary N) is 2. The molecule has 30 heavy (non-hydrogen) atoms. The molecule has 0 spiro atoms. The zero-order valence-electron chi connectivity index (χ0n) is 17.7. The van der Waals surface area contributed by atoms with Gasteiger partial charge in [0.25, 0.3) is 0 Å². The molecule has 1 unspecified atom stereocenters. The second kappa shape index (κ2) is 12.5. The summed E-state index contributed by atoms with van der Waals surface area (Å²) < 4.78 is 4.98. The molecule has 0 aliphatic rings. The highest BCUT2D eigenvalue weighted by atomic mass is 16.5. The van der Waals surface area contributed by atoms with Crippen molar-refractivity contribution in [3.05, 3.63) is 40.3 Å². The fourth-order valence-electron chi connectivity index (χ4n) is 2.81. The molecule has 10 nitrogen and oxygen atoms in total. The average Bonchev–Trinajstić information content (AvgIpc) is 2.67. The molecule has 0 aliphatic carbocycles. The van der Waals surface area contributed by atoms with Gasteiger partial charge in [0.2, 0.25) is 11.8 Å². The maximum absolute atomic E-state index is 12.5. The fourth-order valence-corrected chi connectivity index (χ4v) is 2.81. The largest absolute Gasteiger partial charge is 0.464 e. The Morgan fingerprint density at radius 3 is 2.37 bits per heavy atom. The van der Waals surface area contributed by atoms with Gasteiger partial charge in [-0.2, -0.15) is 0 Å². The van der Waals surface area contributed by atoms with Gasteiger partial charge in [-0.1, -0.05) is 31.1 Å². The lowest BCUT2D eigenvalue weighted by Crippen LogP contribution is -2.50. The number of ether oxygens (including phenoxy) is 1. The second-order valence-electron chi connectivity index (χ2n) is 7.24. The van der Waals surface area contributed by atoms with E-state index in [0.29, 0.717) is 17.7 Å². The number of carbonyl (C=O) groups is 3. The summed E-state index contributed by atoms with van der Waals surface area (Å²) in [5, 5.41) is 19.1. The van der Waals surface area contributed by atoms with E-state index in [-0.39, 0.29) is 24.9 Å². The molecular formula is C20H29N5O5. The summed E-state index contributed by atoms with van der Waals surface area (Å²) in [5.74, 6) is -1.51. The van der Waals surface area contributed by atoms with Crippen molar-refractivity contribution in [1.29, 1.82) is 0 Å². The average molecular weight is 419 g/mol. The molecule has 1 aromatic carbocycles. The first-order valence-electron chi connectivity index (χ1n) is 9.73. The third kappa shape index (κ3) is 8.50. The van der Waals surface area contributed by atoms with Gasteiger partial charge < -0.3 is 20.5 Å². The van der Waals surface area contributed by atoms with Crippen molar-refractivity contribution in [3.8, 4) is 0 Å². The first-order valence-corrected chi connectivity index (χ1v) is 9.73. The Balaban J connectivity index is 2.89. The molecule has 0 radical (unpaired) electrons. The molecule has 0 saturated carbocycles. The molecule has 164 valence electrons. The van der Waals surface area contributed by atoms with Crippen LogP contribution in [0, 0.1) is 5.92 Å². The Kier molecular flexibility index (Phi) is 10.4. The normalized spacial score (nSPS) is 13.5. The molecule has 3 N–H and O–H groups in total. The number of nitrogens with zero attached hydrogens (tertiary/aromatic N) is 3. The van der Waals surface area contributed by atoms with Crippen LogP contribution in [0.4, 0.5) is 5.69 Å². The number of azide groups is 1. The summed E-state index contributed by atoms with van der Waals surface area (Å²) in [6.07, 6.45) is -1.22. The second-order valence-corrected chi connectivity index (χ2v) is 7.24. The number of aliphatic hydroxyl groups is 1. The Morgan fingerprint density at radius 1 is 1.23 bits per heavy atom. The third-order valence-corrected chi connectivity index (χ3v) is 4.15. The number of benzene rings is 1. The minimum absolute atomic E-state index is 0.0905. The predicted molar refractivity (Wildman–Crippen MR) is 111 cm³/mol. The molecule has 2 amide bonds. The van der Waals surface area contributed by atoms with E-state index in [9.17, 15) is 19.5 Å². The van der Waals surface area contributed by atoms with Gasteiger partial charge in [0.1, 0.15) is 12.1 Å². The summed E-state index contributed by atoms with van der Waals surface area (Å²) in [6.45, 7) is 7.01. The predicted octanol–water partition coefficient (Wildman–Crippen LogP) is 2.32.